The van der Waals surface area contributed by atoms with Gasteiger partial charge in [0.15, 0.2) is 5.78 Å². The number of hydrogen-bond acceptors (Lipinski definition) is 6. The van der Waals surface area contributed by atoms with Gasteiger partial charge in [-0.05, 0) is 55.5 Å². The molecular formula is C21H25NO4S. The molecular weight excluding hydrogens is 362 g/mol. The van der Waals surface area contributed by atoms with Crippen LogP contribution in [0, 0.1) is 0 Å². The standard InChI is InChI=1S/C21H25NO4S/c1-14(11-16-5-8-18(25-3)9-6-16)22-13-19(24)17-7-10-20(26-15(2)23)21(12-17)27-4/h5-10,12,14,22H,11,13H2,1-4H3. The zero-order valence-corrected chi connectivity index (χ0v) is 16.9. The molecule has 2 aromatic carbocycles. The maximum Gasteiger partial charge on any atom is 0.308 e. The van der Waals surface area contributed by atoms with E-state index in [1.165, 1.54) is 24.2 Å². The highest BCUT2D eigenvalue weighted by molar-refractivity contribution is 7.98. The van der Waals surface area contributed by atoms with Crippen molar-refractivity contribution in [3.8, 4) is 11.5 Å². The molecule has 0 amide bonds. The van der Waals surface area contributed by atoms with Crippen molar-refractivity contribution in [3.05, 3.63) is 53.6 Å². The minimum Gasteiger partial charge on any atom is -0.497 e. The molecule has 0 bridgehead atoms. The van der Waals surface area contributed by atoms with Crippen LogP contribution >= 0.6 is 11.8 Å². The van der Waals surface area contributed by atoms with Crippen molar-refractivity contribution in [2.24, 2.45) is 0 Å². The summed E-state index contributed by atoms with van der Waals surface area (Å²) in [4.78, 5) is 24.4. The number of ether oxygens (including phenoxy) is 2. The van der Waals surface area contributed by atoms with Crippen molar-refractivity contribution < 1.29 is 19.1 Å². The topological polar surface area (TPSA) is 64.6 Å². The summed E-state index contributed by atoms with van der Waals surface area (Å²) in [6, 6.07) is 13.2. The van der Waals surface area contributed by atoms with E-state index in [2.05, 4.69) is 12.2 Å². The van der Waals surface area contributed by atoms with E-state index >= 15 is 0 Å². The SMILES string of the molecule is COc1ccc(CC(C)NCC(=O)c2ccc(OC(C)=O)c(SC)c2)cc1. The molecule has 0 aromatic heterocycles. The van der Waals surface area contributed by atoms with Gasteiger partial charge in [0.2, 0.25) is 0 Å². The maximum atomic E-state index is 12.5. The second-order valence-corrected chi connectivity index (χ2v) is 7.06. The first-order valence-electron chi connectivity index (χ1n) is 8.69. The van der Waals surface area contributed by atoms with E-state index < -0.39 is 0 Å². The van der Waals surface area contributed by atoms with Crippen molar-refractivity contribution >= 4 is 23.5 Å². The van der Waals surface area contributed by atoms with Crippen LogP contribution in [0.15, 0.2) is 47.4 Å². The summed E-state index contributed by atoms with van der Waals surface area (Å²) in [7, 11) is 1.64. The lowest BCUT2D eigenvalue weighted by molar-refractivity contribution is -0.132. The Bertz CT molecular complexity index is 789. The van der Waals surface area contributed by atoms with Gasteiger partial charge >= 0.3 is 5.97 Å². The van der Waals surface area contributed by atoms with Gasteiger partial charge < -0.3 is 14.8 Å². The van der Waals surface area contributed by atoms with Gasteiger partial charge in [-0.25, -0.2) is 0 Å². The molecule has 0 aliphatic heterocycles. The van der Waals surface area contributed by atoms with Gasteiger partial charge in [0.05, 0.1) is 18.6 Å². The second-order valence-electron chi connectivity index (χ2n) is 6.22. The van der Waals surface area contributed by atoms with Crippen LogP contribution in [0.4, 0.5) is 0 Å². The van der Waals surface area contributed by atoms with Crippen molar-refractivity contribution in [1.29, 1.82) is 0 Å². The van der Waals surface area contributed by atoms with Gasteiger partial charge in [0.25, 0.3) is 0 Å². The fourth-order valence-corrected chi connectivity index (χ4v) is 3.19. The van der Waals surface area contributed by atoms with Crippen LogP contribution in [0.25, 0.3) is 0 Å². The van der Waals surface area contributed by atoms with Crippen molar-refractivity contribution in [2.75, 3.05) is 19.9 Å². The van der Waals surface area contributed by atoms with Crippen molar-refractivity contribution in [2.45, 2.75) is 31.2 Å². The summed E-state index contributed by atoms with van der Waals surface area (Å²) in [6.07, 6.45) is 2.70. The molecule has 5 nitrogen and oxygen atoms in total. The lowest BCUT2D eigenvalue weighted by atomic mass is 10.1. The van der Waals surface area contributed by atoms with Crippen LogP contribution in [-0.2, 0) is 11.2 Å². The number of thioether (sulfide) groups is 1. The van der Waals surface area contributed by atoms with Crippen LogP contribution in [0.2, 0.25) is 0 Å². The van der Waals surface area contributed by atoms with Crippen LogP contribution in [0.5, 0.6) is 11.5 Å². The Morgan fingerprint density at radius 1 is 1.15 bits per heavy atom. The monoisotopic (exact) mass is 387 g/mol. The summed E-state index contributed by atoms with van der Waals surface area (Å²) in [6.45, 7) is 3.66. The molecule has 2 rings (SSSR count). The lowest BCUT2D eigenvalue weighted by Crippen LogP contribution is -2.33. The highest BCUT2D eigenvalue weighted by Crippen LogP contribution is 2.29. The highest BCUT2D eigenvalue weighted by atomic mass is 32.2. The molecule has 0 radical (unpaired) electrons. The molecule has 0 spiro atoms. The Labute approximate surface area is 164 Å². The third-order valence-electron chi connectivity index (χ3n) is 4.05. The first kappa shape index (κ1) is 21.0. The van der Waals surface area contributed by atoms with E-state index in [0.29, 0.717) is 11.3 Å². The van der Waals surface area contributed by atoms with Gasteiger partial charge in [0.1, 0.15) is 11.5 Å². The number of rotatable bonds is 9. The molecule has 1 unspecified atom stereocenters. The fourth-order valence-electron chi connectivity index (χ4n) is 2.64. The minimum absolute atomic E-state index is 0.00116. The Morgan fingerprint density at radius 3 is 2.44 bits per heavy atom. The Morgan fingerprint density at radius 2 is 1.85 bits per heavy atom. The van der Waals surface area contributed by atoms with E-state index in [1.54, 1.807) is 25.3 Å². The molecule has 0 fully saturated rings. The van der Waals surface area contributed by atoms with Crippen LogP contribution in [0.1, 0.15) is 29.8 Å². The van der Waals surface area contributed by atoms with Crippen LogP contribution in [-0.4, -0.2) is 37.7 Å². The number of nitrogens with one attached hydrogen (secondary N) is 1. The molecule has 0 saturated carbocycles. The molecule has 0 aliphatic carbocycles. The summed E-state index contributed by atoms with van der Waals surface area (Å²) < 4.78 is 10.3. The average molecular weight is 388 g/mol. The van der Waals surface area contributed by atoms with Gasteiger partial charge in [-0.1, -0.05) is 12.1 Å². The normalized spacial score (nSPS) is 11.7. The maximum absolute atomic E-state index is 12.5. The molecule has 2 aromatic rings. The molecule has 6 heteroatoms. The van der Waals surface area contributed by atoms with Gasteiger partial charge in [-0.3, -0.25) is 9.59 Å². The quantitative estimate of drug-likeness (QED) is 0.306. The van der Waals surface area contributed by atoms with E-state index in [1.807, 2.05) is 30.5 Å². The Balaban J connectivity index is 1.92. The average Bonchev–Trinajstić information content (AvgIpc) is 2.66. The zero-order chi connectivity index (χ0) is 19.8. The number of Topliss-reactive ketones (excluding diaryl/α,β-unsaturated/α-hetero) is 1. The number of carbonyl (C=O) groups is 2. The van der Waals surface area contributed by atoms with Gasteiger partial charge in [-0.15, -0.1) is 11.8 Å². The third-order valence-corrected chi connectivity index (χ3v) is 4.81. The van der Waals surface area contributed by atoms with E-state index in [0.717, 1.165) is 17.1 Å². The summed E-state index contributed by atoms with van der Waals surface area (Å²) in [5.74, 6) is 0.934. The summed E-state index contributed by atoms with van der Waals surface area (Å²) in [5, 5.41) is 3.27. The Kier molecular flexibility index (Phi) is 7.88. The van der Waals surface area contributed by atoms with Crippen LogP contribution in [0.3, 0.4) is 0 Å². The smallest absolute Gasteiger partial charge is 0.308 e. The van der Waals surface area contributed by atoms with Crippen LogP contribution < -0.4 is 14.8 Å². The van der Waals surface area contributed by atoms with E-state index in [-0.39, 0.29) is 24.3 Å². The number of methoxy groups -OCH3 is 1. The van der Waals surface area contributed by atoms with Gasteiger partial charge in [0, 0.05) is 18.5 Å². The largest absolute Gasteiger partial charge is 0.497 e. The number of ketones is 1. The number of carbonyl (C=O) groups excluding carboxylic acids is 2. The summed E-state index contributed by atoms with van der Waals surface area (Å²) >= 11 is 1.44. The van der Waals surface area contributed by atoms with E-state index in [9.17, 15) is 9.59 Å². The molecule has 0 saturated heterocycles. The third kappa shape index (κ3) is 6.41. The Hall–Kier alpha value is -2.31. The fraction of sp³-hybridized carbons (Fsp3) is 0.333. The number of esters is 1. The van der Waals surface area contributed by atoms with E-state index in [4.69, 9.17) is 9.47 Å². The first-order chi connectivity index (χ1) is 12.9. The second kappa shape index (κ2) is 10.1. The van der Waals surface area contributed by atoms with Gasteiger partial charge in [-0.2, -0.15) is 0 Å². The van der Waals surface area contributed by atoms with Crippen molar-refractivity contribution in [3.63, 3.8) is 0 Å². The predicted octanol–water partition coefficient (Wildman–Crippen LogP) is 3.75. The number of benzene rings is 2. The molecule has 27 heavy (non-hydrogen) atoms. The zero-order valence-electron chi connectivity index (χ0n) is 16.1. The molecule has 0 heterocycles. The predicted molar refractivity (Wildman–Crippen MR) is 108 cm³/mol. The molecule has 1 N–H and O–H groups in total. The molecule has 1 atom stereocenters. The van der Waals surface area contributed by atoms with Crippen molar-refractivity contribution in [1.82, 2.24) is 5.32 Å². The lowest BCUT2D eigenvalue weighted by Gasteiger charge is -2.14. The summed E-state index contributed by atoms with van der Waals surface area (Å²) in [5.41, 5.74) is 1.78. The molecule has 144 valence electrons. The minimum atomic E-state index is -0.376. The highest BCUT2D eigenvalue weighted by Gasteiger charge is 2.13. The first-order valence-corrected chi connectivity index (χ1v) is 9.91. The number of hydrogen-bond donors (Lipinski definition) is 1. The molecule has 0 aliphatic rings.